The molecule has 0 radical (unpaired) electrons. The molecule has 0 bridgehead atoms. The molecular weight excluding hydrogens is 308 g/mol. The Kier molecular flexibility index (Phi) is 4.07. The topological polar surface area (TPSA) is 88.6 Å². The molecule has 0 aliphatic heterocycles. The molecule has 3 rings (SSSR count). The van der Waals surface area contributed by atoms with Crippen LogP contribution in [0.3, 0.4) is 0 Å². The number of hydrogen-bond donors (Lipinski definition) is 2. The first-order valence-corrected chi connectivity index (χ1v) is 7.63. The third-order valence-corrected chi connectivity index (χ3v) is 4.01. The highest BCUT2D eigenvalue weighted by molar-refractivity contribution is 5.65. The van der Waals surface area contributed by atoms with Gasteiger partial charge in [-0.15, -0.1) is 0 Å². The number of hydrogen-bond acceptors (Lipinski definition) is 3. The van der Waals surface area contributed by atoms with E-state index in [-0.39, 0.29) is 11.7 Å². The van der Waals surface area contributed by atoms with Gasteiger partial charge < -0.3 is 10.4 Å². The molecule has 3 aromatic rings. The fourth-order valence-electron chi connectivity index (χ4n) is 2.81. The summed E-state index contributed by atoms with van der Waals surface area (Å²) in [5.74, 6) is 0.380. The maximum absolute atomic E-state index is 12.9. The average Bonchev–Trinajstić information content (AvgIpc) is 3.03. The molecule has 0 aliphatic carbocycles. The van der Waals surface area contributed by atoms with Crippen molar-refractivity contribution in [1.29, 1.82) is 0 Å². The third-order valence-electron chi connectivity index (χ3n) is 4.01. The Morgan fingerprint density at radius 3 is 2.54 bits per heavy atom. The summed E-state index contributed by atoms with van der Waals surface area (Å²) in [6, 6.07) is 12.1. The number of carbonyl (C=O) groups is 1. The van der Waals surface area contributed by atoms with Crippen molar-refractivity contribution in [2.45, 2.75) is 25.9 Å². The first-order valence-electron chi connectivity index (χ1n) is 7.63. The molecule has 0 aliphatic rings. The molecule has 124 valence electrons. The first-order chi connectivity index (χ1) is 11.5. The zero-order valence-corrected chi connectivity index (χ0v) is 13.4. The monoisotopic (exact) mass is 326 g/mol. The lowest BCUT2D eigenvalue weighted by Gasteiger charge is -2.23. The largest absolute Gasteiger partial charge is 0.465 e. The predicted molar refractivity (Wildman–Crippen MR) is 89.3 cm³/mol. The number of benzene rings is 1. The molecule has 1 amide bonds. The Morgan fingerprint density at radius 1 is 1.17 bits per heavy atom. The number of fused-ring (bicyclic) bond motifs is 1. The molecule has 7 nitrogen and oxygen atoms in total. The van der Waals surface area contributed by atoms with Crippen LogP contribution in [0.25, 0.3) is 5.65 Å². The van der Waals surface area contributed by atoms with Gasteiger partial charge in [-0.05, 0) is 31.5 Å². The Morgan fingerprint density at radius 2 is 1.88 bits per heavy atom. The summed E-state index contributed by atoms with van der Waals surface area (Å²) < 4.78 is 2.99. The maximum atomic E-state index is 12.9. The minimum Gasteiger partial charge on any atom is -0.465 e. The molecule has 2 atom stereocenters. The van der Waals surface area contributed by atoms with E-state index in [0.29, 0.717) is 11.5 Å². The van der Waals surface area contributed by atoms with Crippen molar-refractivity contribution in [3.05, 3.63) is 70.5 Å². The Balaban J connectivity index is 2.21. The number of carboxylic acid groups (broad SMARTS) is 1. The van der Waals surface area contributed by atoms with Crippen LogP contribution in [0.2, 0.25) is 0 Å². The van der Waals surface area contributed by atoms with Crippen molar-refractivity contribution in [2.75, 3.05) is 0 Å². The molecule has 0 saturated heterocycles. The fourth-order valence-corrected chi connectivity index (χ4v) is 2.81. The third kappa shape index (κ3) is 2.76. The van der Waals surface area contributed by atoms with Crippen LogP contribution in [0, 0.1) is 0 Å². The van der Waals surface area contributed by atoms with Gasteiger partial charge in [0.2, 0.25) is 0 Å². The molecule has 1 aromatic carbocycles. The lowest BCUT2D eigenvalue weighted by Crippen LogP contribution is -2.37. The van der Waals surface area contributed by atoms with Crippen LogP contribution >= 0.6 is 0 Å². The van der Waals surface area contributed by atoms with E-state index in [1.807, 2.05) is 37.3 Å². The average molecular weight is 326 g/mol. The lowest BCUT2D eigenvalue weighted by molar-refractivity contribution is 0.190. The molecule has 0 fully saturated rings. The van der Waals surface area contributed by atoms with E-state index in [1.54, 1.807) is 25.3 Å². The standard InChI is InChI=1S/C17H18N4O3/c1-11(18-16(22)23)15-19-14-9-6-10-20(14)17(24)21(15)12(2)13-7-4-3-5-8-13/h3-12,18H,1-2H3,(H,22,23)/t11-,12-/m0/s1. The summed E-state index contributed by atoms with van der Waals surface area (Å²) in [4.78, 5) is 28.4. The Labute approximate surface area is 138 Å². The van der Waals surface area contributed by atoms with Crippen molar-refractivity contribution in [1.82, 2.24) is 19.3 Å². The van der Waals surface area contributed by atoms with E-state index in [2.05, 4.69) is 10.3 Å². The van der Waals surface area contributed by atoms with Crippen molar-refractivity contribution < 1.29 is 9.90 Å². The van der Waals surface area contributed by atoms with Crippen LogP contribution in [-0.4, -0.2) is 25.2 Å². The van der Waals surface area contributed by atoms with E-state index >= 15 is 0 Å². The van der Waals surface area contributed by atoms with Crippen LogP contribution in [-0.2, 0) is 0 Å². The van der Waals surface area contributed by atoms with Gasteiger partial charge in [0.1, 0.15) is 11.5 Å². The summed E-state index contributed by atoms with van der Waals surface area (Å²) in [6.45, 7) is 3.56. The van der Waals surface area contributed by atoms with Crippen molar-refractivity contribution in [2.24, 2.45) is 0 Å². The van der Waals surface area contributed by atoms with Gasteiger partial charge in [0, 0.05) is 6.20 Å². The first kappa shape index (κ1) is 15.8. The summed E-state index contributed by atoms with van der Waals surface area (Å²) in [5.41, 5.74) is 1.18. The van der Waals surface area contributed by atoms with Crippen molar-refractivity contribution >= 4 is 11.7 Å². The van der Waals surface area contributed by atoms with Crippen molar-refractivity contribution in [3.63, 3.8) is 0 Å². The second-order valence-corrected chi connectivity index (χ2v) is 5.62. The quantitative estimate of drug-likeness (QED) is 0.770. The number of amides is 1. The highest BCUT2D eigenvalue weighted by atomic mass is 16.4. The van der Waals surface area contributed by atoms with Gasteiger partial charge >= 0.3 is 11.8 Å². The highest BCUT2D eigenvalue weighted by Gasteiger charge is 2.22. The van der Waals surface area contributed by atoms with E-state index in [9.17, 15) is 9.59 Å². The molecule has 24 heavy (non-hydrogen) atoms. The van der Waals surface area contributed by atoms with Crippen molar-refractivity contribution in [3.8, 4) is 0 Å². The summed E-state index contributed by atoms with van der Waals surface area (Å²) in [6.07, 6.45) is 0.490. The van der Waals surface area contributed by atoms with Gasteiger partial charge in [-0.2, -0.15) is 0 Å². The van der Waals surface area contributed by atoms with Gasteiger partial charge in [0.25, 0.3) is 0 Å². The summed E-state index contributed by atoms with van der Waals surface area (Å²) in [7, 11) is 0. The zero-order chi connectivity index (χ0) is 17.3. The SMILES string of the molecule is C[C@H](NC(=O)O)c1nc2cccn2c(=O)n1[C@@H](C)c1ccccc1. The fraction of sp³-hybridized carbons (Fsp3) is 0.235. The summed E-state index contributed by atoms with van der Waals surface area (Å²) in [5, 5.41) is 11.4. The zero-order valence-electron chi connectivity index (χ0n) is 13.4. The molecule has 0 saturated carbocycles. The molecular formula is C17H18N4O3. The molecule has 2 heterocycles. The van der Waals surface area contributed by atoms with E-state index in [4.69, 9.17) is 5.11 Å². The second kappa shape index (κ2) is 6.19. The second-order valence-electron chi connectivity index (χ2n) is 5.62. The smallest absolute Gasteiger partial charge is 0.405 e. The van der Waals surface area contributed by atoms with E-state index < -0.39 is 12.1 Å². The highest BCUT2D eigenvalue weighted by Crippen LogP contribution is 2.20. The number of nitrogens with one attached hydrogen (secondary N) is 1. The Bertz CT molecular complexity index is 930. The van der Waals surface area contributed by atoms with Gasteiger partial charge in [0.15, 0.2) is 0 Å². The lowest BCUT2D eigenvalue weighted by atomic mass is 10.1. The van der Waals surface area contributed by atoms with Gasteiger partial charge in [-0.3, -0.25) is 8.97 Å². The van der Waals surface area contributed by atoms with E-state index in [1.165, 1.54) is 8.97 Å². The normalized spacial score (nSPS) is 13.6. The number of aromatic nitrogens is 3. The molecule has 7 heteroatoms. The minimum atomic E-state index is -1.16. The molecule has 2 N–H and O–H groups in total. The molecule has 0 unspecified atom stereocenters. The van der Waals surface area contributed by atoms with E-state index in [0.717, 1.165) is 5.56 Å². The minimum absolute atomic E-state index is 0.254. The van der Waals surface area contributed by atoms with Crippen LogP contribution in [0.1, 0.15) is 37.3 Å². The van der Waals surface area contributed by atoms with Gasteiger partial charge in [-0.1, -0.05) is 30.3 Å². The van der Waals surface area contributed by atoms with Crippen LogP contribution in [0.15, 0.2) is 53.5 Å². The molecule has 2 aromatic heterocycles. The van der Waals surface area contributed by atoms with Crippen LogP contribution in [0.4, 0.5) is 4.79 Å². The number of nitrogens with zero attached hydrogens (tertiary/aromatic N) is 3. The Hall–Kier alpha value is -3.09. The number of rotatable bonds is 4. The van der Waals surface area contributed by atoms with Crippen LogP contribution < -0.4 is 11.0 Å². The molecule has 0 spiro atoms. The summed E-state index contributed by atoms with van der Waals surface area (Å²) >= 11 is 0. The van der Waals surface area contributed by atoms with Crippen LogP contribution in [0.5, 0.6) is 0 Å². The van der Waals surface area contributed by atoms with Gasteiger partial charge in [0.05, 0.1) is 12.1 Å². The van der Waals surface area contributed by atoms with Gasteiger partial charge in [-0.25, -0.2) is 14.6 Å². The predicted octanol–water partition coefficient (Wildman–Crippen LogP) is 2.43. The maximum Gasteiger partial charge on any atom is 0.405 e.